The Bertz CT molecular complexity index is 651. The van der Waals surface area contributed by atoms with Gasteiger partial charge in [0.1, 0.15) is 18.0 Å². The lowest BCUT2D eigenvalue weighted by atomic mass is 10.1. The molecule has 2 aliphatic rings. The molecule has 1 aliphatic carbocycles. The van der Waals surface area contributed by atoms with Gasteiger partial charge >= 0.3 is 0 Å². The van der Waals surface area contributed by atoms with Crippen molar-refractivity contribution < 1.29 is 4.74 Å². The van der Waals surface area contributed by atoms with E-state index >= 15 is 0 Å². The SMILES string of the molecule is c1ccc(C2CC2)c(Nc2cc(N3CCOCC3)ncn2)c1. The molecule has 2 fully saturated rings. The van der Waals surface area contributed by atoms with E-state index < -0.39 is 0 Å². The van der Waals surface area contributed by atoms with E-state index in [0.717, 1.165) is 43.6 Å². The second-order valence-corrected chi connectivity index (χ2v) is 5.85. The van der Waals surface area contributed by atoms with E-state index in [-0.39, 0.29) is 0 Å². The Morgan fingerprint density at radius 1 is 1.09 bits per heavy atom. The molecule has 1 saturated heterocycles. The number of hydrogen-bond acceptors (Lipinski definition) is 5. The van der Waals surface area contributed by atoms with Crippen molar-refractivity contribution in [2.75, 3.05) is 36.5 Å². The summed E-state index contributed by atoms with van der Waals surface area (Å²) in [6.07, 6.45) is 4.22. The highest BCUT2D eigenvalue weighted by Gasteiger charge is 2.25. The Hall–Kier alpha value is -2.14. The van der Waals surface area contributed by atoms with Gasteiger partial charge in [-0.3, -0.25) is 0 Å². The molecule has 22 heavy (non-hydrogen) atoms. The van der Waals surface area contributed by atoms with Gasteiger partial charge in [0.05, 0.1) is 13.2 Å². The summed E-state index contributed by atoms with van der Waals surface area (Å²) in [4.78, 5) is 11.0. The Morgan fingerprint density at radius 2 is 1.91 bits per heavy atom. The summed E-state index contributed by atoms with van der Waals surface area (Å²) in [7, 11) is 0. The number of anilines is 3. The van der Waals surface area contributed by atoms with Crippen molar-refractivity contribution in [1.82, 2.24) is 9.97 Å². The summed E-state index contributed by atoms with van der Waals surface area (Å²) in [5, 5.41) is 3.46. The molecule has 1 N–H and O–H groups in total. The minimum absolute atomic E-state index is 0.712. The smallest absolute Gasteiger partial charge is 0.135 e. The lowest BCUT2D eigenvalue weighted by Gasteiger charge is -2.27. The van der Waals surface area contributed by atoms with Gasteiger partial charge < -0.3 is 15.0 Å². The second kappa shape index (κ2) is 5.93. The minimum atomic E-state index is 0.712. The molecule has 5 heteroatoms. The van der Waals surface area contributed by atoms with E-state index in [4.69, 9.17) is 4.74 Å². The van der Waals surface area contributed by atoms with Crippen LogP contribution < -0.4 is 10.2 Å². The molecule has 0 unspecified atom stereocenters. The summed E-state index contributed by atoms with van der Waals surface area (Å²) in [5.74, 6) is 2.53. The number of nitrogens with one attached hydrogen (secondary N) is 1. The molecule has 0 radical (unpaired) electrons. The van der Waals surface area contributed by atoms with Crippen molar-refractivity contribution >= 4 is 17.3 Å². The topological polar surface area (TPSA) is 50.3 Å². The summed E-state index contributed by atoms with van der Waals surface area (Å²) in [6.45, 7) is 3.29. The predicted octanol–water partition coefficient (Wildman–Crippen LogP) is 2.93. The van der Waals surface area contributed by atoms with Crippen LogP contribution in [0.2, 0.25) is 0 Å². The van der Waals surface area contributed by atoms with E-state index in [1.54, 1.807) is 6.33 Å². The van der Waals surface area contributed by atoms with Gasteiger partial charge in [-0.2, -0.15) is 0 Å². The highest BCUT2D eigenvalue weighted by atomic mass is 16.5. The van der Waals surface area contributed by atoms with Gasteiger partial charge in [0.15, 0.2) is 0 Å². The number of morpholine rings is 1. The van der Waals surface area contributed by atoms with Crippen LogP contribution in [-0.2, 0) is 4.74 Å². The minimum Gasteiger partial charge on any atom is -0.378 e. The second-order valence-electron chi connectivity index (χ2n) is 5.85. The van der Waals surface area contributed by atoms with Crippen molar-refractivity contribution in [2.45, 2.75) is 18.8 Å². The Morgan fingerprint density at radius 3 is 2.73 bits per heavy atom. The monoisotopic (exact) mass is 296 g/mol. The molecule has 0 amide bonds. The highest BCUT2D eigenvalue weighted by molar-refractivity contribution is 5.64. The molecule has 1 aromatic carbocycles. The average Bonchev–Trinajstić information content (AvgIpc) is 3.41. The van der Waals surface area contributed by atoms with E-state index in [2.05, 4.69) is 44.5 Å². The number of aromatic nitrogens is 2. The van der Waals surface area contributed by atoms with Crippen molar-refractivity contribution in [3.8, 4) is 0 Å². The summed E-state index contributed by atoms with van der Waals surface area (Å²) >= 11 is 0. The molecular weight excluding hydrogens is 276 g/mol. The van der Waals surface area contributed by atoms with Gasteiger partial charge in [-0.05, 0) is 30.4 Å². The fourth-order valence-corrected chi connectivity index (χ4v) is 2.88. The Balaban J connectivity index is 1.55. The van der Waals surface area contributed by atoms with E-state index in [1.165, 1.54) is 18.4 Å². The van der Waals surface area contributed by atoms with Crippen LogP contribution in [0.25, 0.3) is 0 Å². The van der Waals surface area contributed by atoms with Crippen LogP contribution in [-0.4, -0.2) is 36.3 Å². The average molecular weight is 296 g/mol. The molecule has 0 bridgehead atoms. The molecule has 1 aliphatic heterocycles. The molecule has 1 aromatic heterocycles. The van der Waals surface area contributed by atoms with Gasteiger partial charge in [-0.1, -0.05) is 18.2 Å². The molecule has 0 spiro atoms. The maximum Gasteiger partial charge on any atom is 0.135 e. The third-order valence-corrected chi connectivity index (χ3v) is 4.23. The zero-order valence-corrected chi connectivity index (χ0v) is 12.5. The maximum absolute atomic E-state index is 5.40. The van der Waals surface area contributed by atoms with E-state index in [1.807, 2.05) is 6.07 Å². The number of nitrogens with zero attached hydrogens (tertiary/aromatic N) is 3. The van der Waals surface area contributed by atoms with Gasteiger partial charge in [-0.15, -0.1) is 0 Å². The molecule has 5 nitrogen and oxygen atoms in total. The van der Waals surface area contributed by atoms with Crippen LogP contribution in [0.3, 0.4) is 0 Å². The van der Waals surface area contributed by atoms with Gasteiger partial charge in [0.25, 0.3) is 0 Å². The lowest BCUT2D eigenvalue weighted by molar-refractivity contribution is 0.122. The van der Waals surface area contributed by atoms with E-state index in [0.29, 0.717) is 5.92 Å². The van der Waals surface area contributed by atoms with Gasteiger partial charge in [-0.25, -0.2) is 9.97 Å². The quantitative estimate of drug-likeness (QED) is 0.940. The first-order chi connectivity index (χ1) is 10.9. The first-order valence-electron chi connectivity index (χ1n) is 7.91. The van der Waals surface area contributed by atoms with Crippen LogP contribution in [0.1, 0.15) is 24.3 Å². The molecule has 2 aromatic rings. The normalized spacial score (nSPS) is 18.3. The molecule has 4 rings (SSSR count). The largest absolute Gasteiger partial charge is 0.378 e. The number of benzene rings is 1. The van der Waals surface area contributed by atoms with E-state index in [9.17, 15) is 0 Å². The fourth-order valence-electron chi connectivity index (χ4n) is 2.88. The molecule has 2 heterocycles. The maximum atomic E-state index is 5.40. The molecule has 114 valence electrons. The first kappa shape index (κ1) is 13.5. The summed E-state index contributed by atoms with van der Waals surface area (Å²) in [5.41, 5.74) is 2.56. The lowest BCUT2D eigenvalue weighted by Crippen LogP contribution is -2.36. The van der Waals surface area contributed by atoms with Crippen LogP contribution in [0, 0.1) is 0 Å². The summed E-state index contributed by atoms with van der Waals surface area (Å²) < 4.78 is 5.40. The van der Waals surface area contributed by atoms with Crippen LogP contribution in [0.4, 0.5) is 17.3 Å². The Labute approximate surface area is 130 Å². The van der Waals surface area contributed by atoms with Crippen molar-refractivity contribution in [1.29, 1.82) is 0 Å². The zero-order chi connectivity index (χ0) is 14.8. The standard InChI is InChI=1S/C17H20N4O/c1-2-4-15(14(3-1)13-5-6-13)20-16-11-17(19-12-18-16)21-7-9-22-10-8-21/h1-4,11-13H,5-10H2,(H,18,19,20). The molecule has 1 saturated carbocycles. The third-order valence-electron chi connectivity index (χ3n) is 4.23. The predicted molar refractivity (Wildman–Crippen MR) is 86.8 cm³/mol. The van der Waals surface area contributed by atoms with Crippen molar-refractivity contribution in [3.63, 3.8) is 0 Å². The van der Waals surface area contributed by atoms with Gasteiger partial charge in [0.2, 0.25) is 0 Å². The molecule has 0 atom stereocenters. The molecular formula is C17H20N4O. The van der Waals surface area contributed by atoms with Crippen molar-refractivity contribution in [2.24, 2.45) is 0 Å². The van der Waals surface area contributed by atoms with Crippen molar-refractivity contribution in [3.05, 3.63) is 42.2 Å². The number of rotatable bonds is 4. The number of ether oxygens (including phenoxy) is 1. The van der Waals surface area contributed by atoms with Crippen LogP contribution >= 0.6 is 0 Å². The fraction of sp³-hybridized carbons (Fsp3) is 0.412. The summed E-state index contributed by atoms with van der Waals surface area (Å²) in [6, 6.07) is 10.5. The third kappa shape index (κ3) is 2.90. The zero-order valence-electron chi connectivity index (χ0n) is 12.5. The van der Waals surface area contributed by atoms with Gasteiger partial charge in [0, 0.05) is 24.8 Å². The first-order valence-corrected chi connectivity index (χ1v) is 7.91. The Kier molecular flexibility index (Phi) is 3.64. The number of hydrogen-bond donors (Lipinski definition) is 1. The highest BCUT2D eigenvalue weighted by Crippen LogP contribution is 2.43. The van der Waals surface area contributed by atoms with Crippen LogP contribution in [0.5, 0.6) is 0 Å². The number of para-hydroxylation sites is 1. The van der Waals surface area contributed by atoms with Crippen LogP contribution in [0.15, 0.2) is 36.7 Å².